The molecule has 2 atom stereocenters. The largest absolute Gasteiger partial charge is 0.325 e. The Kier molecular flexibility index (Phi) is 5.96. The Morgan fingerprint density at radius 2 is 1.43 bits per heavy atom. The second-order valence-electron chi connectivity index (χ2n) is 4.28. The zero-order valence-corrected chi connectivity index (χ0v) is 10.5. The molecule has 0 bridgehead atoms. The van der Waals surface area contributed by atoms with Crippen LogP contribution in [0.25, 0.3) is 0 Å². The lowest BCUT2D eigenvalue weighted by molar-refractivity contribution is 0.251. The van der Waals surface area contributed by atoms with Crippen LogP contribution in [0.3, 0.4) is 0 Å². The first-order valence-corrected chi connectivity index (χ1v) is 7.16. The highest BCUT2D eigenvalue weighted by molar-refractivity contribution is 7.51. The molecule has 2 unspecified atom stereocenters. The van der Waals surface area contributed by atoms with Gasteiger partial charge in [-0.2, -0.15) is 0 Å². The Labute approximate surface area is 87.1 Å². The molecular weight excluding hydrogens is 199 g/mol. The molecule has 0 amide bonds. The molecular formula is C10H23O3P. The molecule has 3 nitrogen and oxygen atoms in total. The van der Waals surface area contributed by atoms with Gasteiger partial charge in [0.1, 0.15) is 0 Å². The summed E-state index contributed by atoms with van der Waals surface area (Å²) < 4.78 is 11.0. The van der Waals surface area contributed by atoms with Crippen molar-refractivity contribution in [1.29, 1.82) is 0 Å². The lowest BCUT2D eigenvalue weighted by atomic mass is 9.82. The topological polar surface area (TPSA) is 57.5 Å². The van der Waals surface area contributed by atoms with Crippen LogP contribution in [0.1, 0.15) is 40.5 Å². The molecule has 0 aromatic carbocycles. The van der Waals surface area contributed by atoms with Crippen LogP contribution in [0, 0.1) is 17.8 Å². The molecule has 0 saturated carbocycles. The average molecular weight is 222 g/mol. The van der Waals surface area contributed by atoms with Gasteiger partial charge in [-0.3, -0.25) is 4.57 Å². The molecule has 0 spiro atoms. The van der Waals surface area contributed by atoms with E-state index in [1.54, 1.807) is 0 Å². The molecule has 0 radical (unpaired) electrons. The molecule has 0 fully saturated rings. The first-order chi connectivity index (χ1) is 6.31. The summed E-state index contributed by atoms with van der Waals surface area (Å²) in [5.74, 6) is 0.918. The van der Waals surface area contributed by atoms with E-state index in [0.29, 0.717) is 11.8 Å². The van der Waals surface area contributed by atoms with Gasteiger partial charge in [0.05, 0.1) is 6.16 Å². The Morgan fingerprint density at radius 3 is 1.64 bits per heavy atom. The molecule has 0 heterocycles. The molecule has 0 aromatic heterocycles. The Balaban J connectivity index is 4.48. The smallest absolute Gasteiger partial charge is 0.324 e. The van der Waals surface area contributed by atoms with Gasteiger partial charge in [-0.15, -0.1) is 0 Å². The van der Waals surface area contributed by atoms with E-state index in [2.05, 4.69) is 27.7 Å². The lowest BCUT2D eigenvalue weighted by Crippen LogP contribution is -2.23. The zero-order valence-electron chi connectivity index (χ0n) is 9.60. The third kappa shape index (κ3) is 5.14. The van der Waals surface area contributed by atoms with Gasteiger partial charge in [-0.25, -0.2) is 0 Å². The van der Waals surface area contributed by atoms with Crippen molar-refractivity contribution in [1.82, 2.24) is 0 Å². The van der Waals surface area contributed by atoms with E-state index in [-0.39, 0.29) is 12.1 Å². The lowest BCUT2D eigenvalue weighted by Gasteiger charge is -2.28. The van der Waals surface area contributed by atoms with E-state index < -0.39 is 7.60 Å². The minimum Gasteiger partial charge on any atom is -0.324 e. The van der Waals surface area contributed by atoms with Gasteiger partial charge in [-0.1, -0.05) is 40.5 Å². The van der Waals surface area contributed by atoms with Gasteiger partial charge in [0.15, 0.2) is 0 Å². The van der Waals surface area contributed by atoms with E-state index >= 15 is 0 Å². The maximum atomic E-state index is 11.0. The predicted octanol–water partition coefficient (Wildman–Crippen LogP) is 2.87. The standard InChI is InChI=1S/C10H23O3P/c1-5-8(3)10(9(4)6-2)7-14(11,12)13/h8-10H,5-7H2,1-4H3,(H2,11,12,13). The van der Waals surface area contributed by atoms with Gasteiger partial charge < -0.3 is 9.79 Å². The molecule has 0 rings (SSSR count). The van der Waals surface area contributed by atoms with Crippen LogP contribution in [0.15, 0.2) is 0 Å². The molecule has 2 N–H and O–H groups in total. The highest BCUT2D eigenvalue weighted by Gasteiger charge is 2.28. The molecule has 0 aliphatic carbocycles. The fraction of sp³-hybridized carbons (Fsp3) is 1.00. The molecule has 14 heavy (non-hydrogen) atoms. The molecule has 0 saturated heterocycles. The van der Waals surface area contributed by atoms with Crippen LogP contribution in [-0.4, -0.2) is 15.9 Å². The highest BCUT2D eigenvalue weighted by Crippen LogP contribution is 2.42. The van der Waals surface area contributed by atoms with Crippen molar-refractivity contribution in [2.75, 3.05) is 6.16 Å². The van der Waals surface area contributed by atoms with E-state index in [1.807, 2.05) is 0 Å². The number of hydrogen-bond donors (Lipinski definition) is 2. The highest BCUT2D eigenvalue weighted by atomic mass is 31.2. The second kappa shape index (κ2) is 5.89. The van der Waals surface area contributed by atoms with Crippen molar-refractivity contribution < 1.29 is 14.4 Å². The fourth-order valence-corrected chi connectivity index (χ4v) is 3.07. The van der Waals surface area contributed by atoms with Crippen molar-refractivity contribution in [2.45, 2.75) is 40.5 Å². The van der Waals surface area contributed by atoms with Gasteiger partial charge >= 0.3 is 7.60 Å². The van der Waals surface area contributed by atoms with Crippen LogP contribution in [0.5, 0.6) is 0 Å². The summed E-state index contributed by atoms with van der Waals surface area (Å²) in [4.78, 5) is 18.0. The Hall–Kier alpha value is 0.150. The van der Waals surface area contributed by atoms with Crippen molar-refractivity contribution in [2.24, 2.45) is 17.8 Å². The van der Waals surface area contributed by atoms with Gasteiger partial charge in [-0.05, 0) is 17.8 Å². The Morgan fingerprint density at radius 1 is 1.07 bits per heavy atom. The van der Waals surface area contributed by atoms with Crippen LogP contribution in [0.2, 0.25) is 0 Å². The normalized spacial score (nSPS) is 19.0. The van der Waals surface area contributed by atoms with E-state index in [0.717, 1.165) is 12.8 Å². The summed E-state index contributed by atoms with van der Waals surface area (Å²) >= 11 is 0. The second-order valence-corrected chi connectivity index (χ2v) is 5.98. The summed E-state index contributed by atoms with van der Waals surface area (Å²) in [6, 6.07) is 0. The van der Waals surface area contributed by atoms with E-state index in [9.17, 15) is 4.57 Å². The van der Waals surface area contributed by atoms with Gasteiger partial charge in [0, 0.05) is 0 Å². The summed E-state index contributed by atoms with van der Waals surface area (Å²) in [6.07, 6.45) is 2.00. The van der Waals surface area contributed by atoms with Crippen LogP contribution in [-0.2, 0) is 4.57 Å². The zero-order chi connectivity index (χ0) is 11.4. The monoisotopic (exact) mass is 222 g/mol. The molecule has 0 aliphatic heterocycles. The fourth-order valence-electron chi connectivity index (χ4n) is 1.80. The quantitative estimate of drug-likeness (QED) is 0.679. The maximum Gasteiger partial charge on any atom is 0.325 e. The van der Waals surface area contributed by atoms with Crippen LogP contribution in [0.4, 0.5) is 0 Å². The predicted molar refractivity (Wildman–Crippen MR) is 59.3 cm³/mol. The molecule has 4 heteroatoms. The minimum absolute atomic E-state index is 0.0387. The first kappa shape index (κ1) is 14.2. The Bertz CT molecular complexity index is 190. The minimum atomic E-state index is -3.86. The van der Waals surface area contributed by atoms with Crippen molar-refractivity contribution in [3.63, 3.8) is 0 Å². The number of hydrogen-bond acceptors (Lipinski definition) is 1. The number of rotatable bonds is 6. The van der Waals surface area contributed by atoms with Crippen molar-refractivity contribution in [3.8, 4) is 0 Å². The van der Waals surface area contributed by atoms with E-state index in [4.69, 9.17) is 9.79 Å². The third-order valence-electron chi connectivity index (χ3n) is 3.20. The van der Waals surface area contributed by atoms with E-state index in [1.165, 1.54) is 0 Å². The summed E-state index contributed by atoms with van der Waals surface area (Å²) in [5.41, 5.74) is 0. The van der Waals surface area contributed by atoms with Gasteiger partial charge in [0.2, 0.25) is 0 Å². The summed E-state index contributed by atoms with van der Waals surface area (Å²) in [5, 5.41) is 0. The first-order valence-electron chi connectivity index (χ1n) is 5.36. The van der Waals surface area contributed by atoms with Crippen LogP contribution < -0.4 is 0 Å². The maximum absolute atomic E-state index is 11.0. The average Bonchev–Trinajstić information content (AvgIpc) is 2.10. The summed E-state index contributed by atoms with van der Waals surface area (Å²) in [6.45, 7) is 8.29. The van der Waals surface area contributed by atoms with Crippen LogP contribution >= 0.6 is 7.60 Å². The molecule has 86 valence electrons. The molecule has 0 aromatic rings. The SMILES string of the molecule is CCC(C)C(CP(=O)(O)O)C(C)CC. The van der Waals surface area contributed by atoms with Gasteiger partial charge in [0.25, 0.3) is 0 Å². The molecule has 0 aliphatic rings. The van der Waals surface area contributed by atoms with Crippen molar-refractivity contribution >= 4 is 7.60 Å². The summed E-state index contributed by atoms with van der Waals surface area (Å²) in [7, 11) is -3.86. The third-order valence-corrected chi connectivity index (χ3v) is 4.10. The van der Waals surface area contributed by atoms with Crippen molar-refractivity contribution in [3.05, 3.63) is 0 Å².